The van der Waals surface area contributed by atoms with Crippen LogP contribution in [0.3, 0.4) is 0 Å². The number of nitrogens with one attached hydrogen (secondary N) is 1. The van der Waals surface area contributed by atoms with Crippen LogP contribution in [0.2, 0.25) is 0 Å². The zero-order chi connectivity index (χ0) is 11.2. The van der Waals surface area contributed by atoms with Crippen LogP contribution in [-0.2, 0) is 4.74 Å². The Hall–Kier alpha value is 0.230. The molecule has 0 spiro atoms. The van der Waals surface area contributed by atoms with Gasteiger partial charge in [0.15, 0.2) is 0 Å². The quantitative estimate of drug-likeness (QED) is 0.785. The third-order valence-electron chi connectivity index (χ3n) is 3.50. The predicted molar refractivity (Wildman–Crippen MR) is 70.2 cm³/mol. The van der Waals surface area contributed by atoms with E-state index < -0.39 is 0 Å². The van der Waals surface area contributed by atoms with E-state index >= 15 is 0 Å². The molecule has 16 heavy (non-hydrogen) atoms. The summed E-state index contributed by atoms with van der Waals surface area (Å²) in [6.45, 7) is 7.95. The van der Waals surface area contributed by atoms with Crippen molar-refractivity contribution >= 4 is 11.8 Å². The van der Waals surface area contributed by atoms with Crippen LogP contribution in [0, 0.1) is 0 Å². The fourth-order valence-corrected chi connectivity index (χ4v) is 3.34. The highest BCUT2D eigenvalue weighted by molar-refractivity contribution is 7.99. The molecule has 2 saturated heterocycles. The third kappa shape index (κ3) is 3.91. The summed E-state index contributed by atoms with van der Waals surface area (Å²) >= 11 is 2.08. The summed E-state index contributed by atoms with van der Waals surface area (Å²) in [4.78, 5) is 2.60. The first-order valence-corrected chi connectivity index (χ1v) is 7.66. The van der Waals surface area contributed by atoms with Crippen molar-refractivity contribution in [3.05, 3.63) is 0 Å². The Labute approximate surface area is 103 Å². The average molecular weight is 244 g/mol. The SMILES string of the molecule is CC(CNCC1CCCO1)N1CCSCC1. The van der Waals surface area contributed by atoms with Crippen LogP contribution >= 0.6 is 11.8 Å². The van der Waals surface area contributed by atoms with Crippen LogP contribution in [0.1, 0.15) is 19.8 Å². The zero-order valence-corrected chi connectivity index (χ0v) is 11.1. The van der Waals surface area contributed by atoms with Crippen molar-refractivity contribution in [3.8, 4) is 0 Å². The molecule has 0 radical (unpaired) electrons. The minimum atomic E-state index is 0.476. The molecule has 0 saturated carbocycles. The monoisotopic (exact) mass is 244 g/mol. The summed E-state index contributed by atoms with van der Waals surface area (Å²) in [6, 6.07) is 0.669. The number of thioether (sulfide) groups is 1. The molecule has 2 fully saturated rings. The maximum Gasteiger partial charge on any atom is 0.0700 e. The van der Waals surface area contributed by atoms with Gasteiger partial charge in [0.1, 0.15) is 0 Å². The van der Waals surface area contributed by atoms with Gasteiger partial charge >= 0.3 is 0 Å². The van der Waals surface area contributed by atoms with Gasteiger partial charge in [-0.3, -0.25) is 4.90 Å². The summed E-state index contributed by atoms with van der Waals surface area (Å²) in [6.07, 6.45) is 2.96. The molecule has 0 aromatic carbocycles. The Morgan fingerprint density at radius 1 is 1.44 bits per heavy atom. The van der Waals surface area contributed by atoms with Gasteiger partial charge in [-0.25, -0.2) is 0 Å². The Kier molecular flexibility index (Phi) is 5.42. The number of hydrogen-bond acceptors (Lipinski definition) is 4. The number of rotatable bonds is 5. The Bertz CT molecular complexity index is 191. The lowest BCUT2D eigenvalue weighted by Crippen LogP contribution is -2.45. The highest BCUT2D eigenvalue weighted by Gasteiger charge is 2.18. The molecular formula is C12H24N2OS. The summed E-state index contributed by atoms with van der Waals surface area (Å²) < 4.78 is 5.60. The van der Waals surface area contributed by atoms with Crippen LogP contribution in [0.15, 0.2) is 0 Å². The van der Waals surface area contributed by atoms with Crippen molar-refractivity contribution in [1.29, 1.82) is 0 Å². The standard InChI is InChI=1S/C12H24N2OS/c1-11(14-4-7-16-8-5-14)9-13-10-12-3-2-6-15-12/h11-13H,2-10H2,1H3. The van der Waals surface area contributed by atoms with Crippen molar-refractivity contribution in [2.45, 2.75) is 31.9 Å². The van der Waals surface area contributed by atoms with Gasteiger partial charge in [0.05, 0.1) is 6.10 Å². The van der Waals surface area contributed by atoms with Crippen LogP contribution in [0.25, 0.3) is 0 Å². The minimum Gasteiger partial charge on any atom is -0.377 e. The van der Waals surface area contributed by atoms with Gasteiger partial charge in [-0.05, 0) is 19.8 Å². The molecule has 1 N–H and O–H groups in total. The molecular weight excluding hydrogens is 220 g/mol. The Morgan fingerprint density at radius 3 is 2.94 bits per heavy atom. The summed E-state index contributed by atoms with van der Waals surface area (Å²) in [5, 5.41) is 3.55. The number of nitrogens with zero attached hydrogens (tertiary/aromatic N) is 1. The first-order chi connectivity index (χ1) is 7.86. The fourth-order valence-electron chi connectivity index (χ4n) is 2.41. The van der Waals surface area contributed by atoms with E-state index in [1.165, 1.54) is 37.4 Å². The van der Waals surface area contributed by atoms with Crippen LogP contribution in [0.4, 0.5) is 0 Å². The van der Waals surface area contributed by atoms with E-state index in [9.17, 15) is 0 Å². The zero-order valence-electron chi connectivity index (χ0n) is 10.3. The normalized spacial score (nSPS) is 29.4. The van der Waals surface area contributed by atoms with E-state index in [-0.39, 0.29) is 0 Å². The van der Waals surface area contributed by atoms with Crippen molar-refractivity contribution in [3.63, 3.8) is 0 Å². The van der Waals surface area contributed by atoms with Gasteiger partial charge in [-0.15, -0.1) is 0 Å². The molecule has 2 heterocycles. The number of hydrogen-bond donors (Lipinski definition) is 1. The van der Waals surface area contributed by atoms with Gasteiger partial charge < -0.3 is 10.1 Å². The second kappa shape index (κ2) is 6.84. The summed E-state index contributed by atoms with van der Waals surface area (Å²) in [5.41, 5.74) is 0. The smallest absolute Gasteiger partial charge is 0.0700 e. The highest BCUT2D eigenvalue weighted by atomic mass is 32.2. The van der Waals surface area contributed by atoms with Gasteiger partial charge in [-0.1, -0.05) is 0 Å². The maximum absolute atomic E-state index is 5.60. The van der Waals surface area contributed by atoms with Crippen LogP contribution in [0.5, 0.6) is 0 Å². The Morgan fingerprint density at radius 2 is 2.25 bits per heavy atom. The summed E-state index contributed by atoms with van der Waals surface area (Å²) in [7, 11) is 0. The van der Waals surface area contributed by atoms with E-state index in [1.807, 2.05) is 0 Å². The van der Waals surface area contributed by atoms with E-state index in [0.29, 0.717) is 12.1 Å². The van der Waals surface area contributed by atoms with Gasteiger partial charge in [0.2, 0.25) is 0 Å². The molecule has 94 valence electrons. The molecule has 0 amide bonds. The predicted octanol–water partition coefficient (Wildman–Crippen LogP) is 1.19. The molecule has 2 aliphatic heterocycles. The van der Waals surface area contributed by atoms with Gasteiger partial charge in [-0.2, -0.15) is 11.8 Å². The second-order valence-electron chi connectivity index (χ2n) is 4.79. The number of ether oxygens (including phenoxy) is 1. The van der Waals surface area contributed by atoms with E-state index in [4.69, 9.17) is 4.74 Å². The largest absolute Gasteiger partial charge is 0.377 e. The lowest BCUT2D eigenvalue weighted by atomic mass is 10.2. The van der Waals surface area contributed by atoms with Crippen molar-refractivity contribution in [2.24, 2.45) is 0 Å². The average Bonchev–Trinajstić information content (AvgIpc) is 2.83. The third-order valence-corrected chi connectivity index (χ3v) is 4.45. The fraction of sp³-hybridized carbons (Fsp3) is 1.00. The van der Waals surface area contributed by atoms with E-state index in [0.717, 1.165) is 19.7 Å². The van der Waals surface area contributed by atoms with Crippen LogP contribution < -0.4 is 5.32 Å². The van der Waals surface area contributed by atoms with Crippen molar-refractivity contribution in [1.82, 2.24) is 10.2 Å². The molecule has 0 aliphatic carbocycles. The van der Waals surface area contributed by atoms with Crippen molar-refractivity contribution < 1.29 is 4.74 Å². The molecule has 2 aliphatic rings. The van der Waals surface area contributed by atoms with E-state index in [1.54, 1.807) is 0 Å². The molecule has 0 bridgehead atoms. The molecule has 3 nitrogen and oxygen atoms in total. The molecule has 0 aromatic heterocycles. The lowest BCUT2D eigenvalue weighted by Gasteiger charge is -2.32. The second-order valence-corrected chi connectivity index (χ2v) is 6.02. The highest BCUT2D eigenvalue weighted by Crippen LogP contribution is 2.12. The van der Waals surface area contributed by atoms with Crippen molar-refractivity contribution in [2.75, 3.05) is 44.3 Å². The molecule has 2 atom stereocenters. The molecule has 0 aromatic rings. The van der Waals surface area contributed by atoms with Gasteiger partial charge in [0.25, 0.3) is 0 Å². The lowest BCUT2D eigenvalue weighted by molar-refractivity contribution is 0.107. The van der Waals surface area contributed by atoms with E-state index in [2.05, 4.69) is 28.9 Å². The van der Waals surface area contributed by atoms with Crippen LogP contribution in [-0.4, -0.2) is 61.3 Å². The molecule has 2 unspecified atom stereocenters. The maximum atomic E-state index is 5.60. The van der Waals surface area contributed by atoms with Gasteiger partial charge in [0, 0.05) is 50.3 Å². The Balaban J connectivity index is 1.57. The first-order valence-electron chi connectivity index (χ1n) is 6.50. The first kappa shape index (κ1) is 12.7. The minimum absolute atomic E-state index is 0.476. The molecule has 2 rings (SSSR count). The summed E-state index contributed by atoms with van der Waals surface area (Å²) in [5.74, 6) is 2.60. The topological polar surface area (TPSA) is 24.5 Å². The molecule has 4 heteroatoms.